The lowest BCUT2D eigenvalue weighted by molar-refractivity contribution is -0.127. The zero-order valence-corrected chi connectivity index (χ0v) is 21.0. The second-order valence-electron chi connectivity index (χ2n) is 8.30. The molecule has 182 valence electrons. The van der Waals surface area contributed by atoms with Crippen LogP contribution in [0.3, 0.4) is 0 Å². The van der Waals surface area contributed by atoms with Crippen molar-refractivity contribution in [1.82, 2.24) is 5.43 Å². The summed E-state index contributed by atoms with van der Waals surface area (Å²) in [7, 11) is 0. The molecule has 1 aliphatic rings. The van der Waals surface area contributed by atoms with Crippen LogP contribution in [0.15, 0.2) is 88.3 Å². The van der Waals surface area contributed by atoms with Crippen LogP contribution in [-0.2, 0) is 16.0 Å². The van der Waals surface area contributed by atoms with E-state index in [1.807, 2.05) is 85.8 Å². The van der Waals surface area contributed by atoms with Gasteiger partial charge in [-0.2, -0.15) is 0 Å². The molecule has 3 aromatic rings. The van der Waals surface area contributed by atoms with Crippen LogP contribution < -0.4 is 15.6 Å². The first-order valence-electron chi connectivity index (χ1n) is 11.5. The molecule has 0 spiro atoms. The van der Waals surface area contributed by atoms with Gasteiger partial charge in [0.2, 0.25) is 5.90 Å². The Morgan fingerprint density at radius 2 is 1.80 bits per heavy atom. The maximum atomic E-state index is 13.6. The highest BCUT2D eigenvalue weighted by Crippen LogP contribution is 2.33. The number of halogens is 1. The number of para-hydroxylation sites is 1. The lowest BCUT2D eigenvalue weighted by Gasteiger charge is -2.28. The van der Waals surface area contributed by atoms with Crippen LogP contribution in [0, 0.1) is 0 Å². The quantitative estimate of drug-likeness (QED) is 0.261. The van der Waals surface area contributed by atoms with E-state index in [1.54, 1.807) is 0 Å². The Morgan fingerprint density at radius 1 is 1.09 bits per heavy atom. The van der Waals surface area contributed by atoms with Gasteiger partial charge in [-0.25, -0.2) is 4.99 Å². The number of nitrogens with one attached hydrogen (secondary N) is 2. The summed E-state index contributed by atoms with van der Waals surface area (Å²) in [6, 6.07) is 24.6. The van der Waals surface area contributed by atoms with Crippen LogP contribution in [0.1, 0.15) is 24.5 Å². The number of hydrogen-bond acceptors (Lipinski definition) is 6. The minimum Gasteiger partial charge on any atom is -0.494 e. The zero-order valence-electron chi connectivity index (χ0n) is 19.4. The first-order chi connectivity index (χ1) is 17.0. The summed E-state index contributed by atoms with van der Waals surface area (Å²) in [6.07, 6.45) is 0.439. The van der Waals surface area contributed by atoms with Gasteiger partial charge in [0.05, 0.1) is 12.3 Å². The second kappa shape index (κ2) is 11.4. The van der Waals surface area contributed by atoms with Crippen LogP contribution in [0.4, 0.5) is 5.69 Å². The van der Waals surface area contributed by atoms with Crippen molar-refractivity contribution < 1.29 is 19.4 Å². The standard InChI is InChI=1S/C27H28BrN3O4/c1-19-27(18-20-8-12-22(28)13-9-20,26(33)31-30-23-6-3-2-4-7-23)29-25(35-19)21-10-14-24(15-11-21)34-17-5-16-32/h2-4,6-15,19,30,32H,5,16-18H2,1H3,(H,31,33)/t19-,27-/m0/s1. The fraction of sp³-hybridized carbons (Fsp3) is 0.259. The molecule has 4 rings (SSSR count). The van der Waals surface area contributed by atoms with Crippen LogP contribution in [0.25, 0.3) is 0 Å². The topological polar surface area (TPSA) is 92.2 Å². The zero-order chi connectivity index (χ0) is 24.7. The van der Waals surface area contributed by atoms with Crippen molar-refractivity contribution in [3.8, 4) is 5.75 Å². The van der Waals surface area contributed by atoms with E-state index in [4.69, 9.17) is 19.6 Å². The van der Waals surface area contributed by atoms with Crippen molar-refractivity contribution in [2.24, 2.45) is 4.99 Å². The first kappa shape index (κ1) is 24.8. The smallest absolute Gasteiger partial charge is 0.270 e. The van der Waals surface area contributed by atoms with Gasteiger partial charge in [0.1, 0.15) is 11.9 Å². The van der Waals surface area contributed by atoms with Crippen LogP contribution in [0.2, 0.25) is 0 Å². The van der Waals surface area contributed by atoms with Gasteiger partial charge < -0.3 is 14.6 Å². The first-order valence-corrected chi connectivity index (χ1v) is 12.3. The number of rotatable bonds is 10. The minimum atomic E-state index is -1.17. The average molecular weight is 538 g/mol. The fourth-order valence-electron chi connectivity index (χ4n) is 3.82. The summed E-state index contributed by atoms with van der Waals surface area (Å²) < 4.78 is 12.7. The van der Waals surface area contributed by atoms with Crippen LogP contribution >= 0.6 is 15.9 Å². The number of amides is 1. The molecular formula is C27H28BrN3O4. The Morgan fingerprint density at radius 3 is 2.49 bits per heavy atom. The number of carbonyl (C=O) groups is 1. The SMILES string of the molecule is C[C@@H]1OC(c2ccc(OCCCO)cc2)=N[C@]1(Cc1ccc(Br)cc1)C(=O)NNc1ccccc1. The average Bonchev–Trinajstić information content (AvgIpc) is 3.22. The van der Waals surface area contributed by atoms with E-state index >= 15 is 0 Å². The number of hydrazine groups is 1. The van der Waals surface area contributed by atoms with Crippen molar-refractivity contribution in [3.05, 3.63) is 94.5 Å². The molecule has 0 aromatic heterocycles. The summed E-state index contributed by atoms with van der Waals surface area (Å²) in [5.74, 6) is 0.821. The maximum absolute atomic E-state index is 13.6. The van der Waals surface area contributed by atoms with Gasteiger partial charge in [-0.1, -0.05) is 46.3 Å². The van der Waals surface area contributed by atoms with E-state index in [2.05, 4.69) is 26.8 Å². The Bertz CT molecular complexity index is 1150. The van der Waals surface area contributed by atoms with Gasteiger partial charge in [0, 0.05) is 29.5 Å². The molecule has 2 atom stereocenters. The van der Waals surface area contributed by atoms with E-state index < -0.39 is 11.6 Å². The molecule has 1 amide bonds. The van der Waals surface area contributed by atoms with Gasteiger partial charge >= 0.3 is 0 Å². The van der Waals surface area contributed by atoms with E-state index in [0.29, 0.717) is 31.1 Å². The number of benzene rings is 3. The number of anilines is 1. The number of hydrogen-bond donors (Lipinski definition) is 3. The molecule has 0 radical (unpaired) electrons. The summed E-state index contributed by atoms with van der Waals surface area (Å²) in [5.41, 5.74) is 7.14. The molecule has 0 unspecified atom stereocenters. The normalized spacial score (nSPS) is 18.9. The molecule has 8 heteroatoms. The molecule has 3 aromatic carbocycles. The molecule has 0 fully saturated rings. The Hall–Kier alpha value is -3.36. The molecule has 7 nitrogen and oxygen atoms in total. The Labute approximate surface area is 213 Å². The van der Waals surface area contributed by atoms with Gasteiger partial charge in [-0.15, -0.1) is 0 Å². The predicted octanol–water partition coefficient (Wildman–Crippen LogP) is 4.50. The highest BCUT2D eigenvalue weighted by atomic mass is 79.9. The number of nitrogens with zero attached hydrogens (tertiary/aromatic N) is 1. The van der Waals surface area contributed by atoms with Crippen molar-refractivity contribution in [2.45, 2.75) is 31.4 Å². The number of aliphatic imine (C=N–C) groups is 1. The second-order valence-corrected chi connectivity index (χ2v) is 9.22. The molecule has 1 aliphatic heterocycles. The van der Waals surface area contributed by atoms with Gasteiger partial charge in [-0.3, -0.25) is 15.6 Å². The van der Waals surface area contributed by atoms with Gasteiger partial charge in [0.25, 0.3) is 5.91 Å². The summed E-state index contributed by atoms with van der Waals surface area (Å²) in [5, 5.41) is 8.92. The lowest BCUT2D eigenvalue weighted by atomic mass is 9.86. The third kappa shape index (κ3) is 6.01. The van der Waals surface area contributed by atoms with Crippen LogP contribution in [0.5, 0.6) is 5.75 Å². The van der Waals surface area contributed by atoms with Gasteiger partial charge in [0.15, 0.2) is 5.54 Å². The fourth-order valence-corrected chi connectivity index (χ4v) is 4.08. The third-order valence-electron chi connectivity index (χ3n) is 5.81. The molecule has 3 N–H and O–H groups in total. The molecule has 0 saturated carbocycles. The van der Waals surface area contributed by atoms with Crippen molar-refractivity contribution in [3.63, 3.8) is 0 Å². The van der Waals surface area contributed by atoms with E-state index in [9.17, 15) is 4.79 Å². The number of carbonyl (C=O) groups excluding carboxylic acids is 1. The lowest BCUT2D eigenvalue weighted by Crippen LogP contribution is -2.53. The van der Waals surface area contributed by atoms with E-state index in [1.165, 1.54) is 0 Å². The van der Waals surface area contributed by atoms with Crippen molar-refractivity contribution in [2.75, 3.05) is 18.6 Å². The molecular weight excluding hydrogens is 510 g/mol. The monoisotopic (exact) mass is 537 g/mol. The van der Waals surface area contributed by atoms with E-state index in [0.717, 1.165) is 21.3 Å². The number of aliphatic hydroxyl groups excluding tert-OH is 1. The molecule has 0 aliphatic carbocycles. The summed E-state index contributed by atoms with van der Waals surface area (Å²) in [6.45, 7) is 2.39. The highest BCUT2D eigenvalue weighted by Gasteiger charge is 2.50. The minimum absolute atomic E-state index is 0.0856. The molecule has 0 saturated heterocycles. The van der Waals surface area contributed by atoms with Crippen LogP contribution in [-0.4, -0.2) is 41.8 Å². The van der Waals surface area contributed by atoms with Crippen molar-refractivity contribution in [1.29, 1.82) is 0 Å². The number of ether oxygens (including phenoxy) is 2. The summed E-state index contributed by atoms with van der Waals surface area (Å²) in [4.78, 5) is 18.5. The molecule has 0 bridgehead atoms. The Kier molecular flexibility index (Phi) is 8.05. The molecule has 35 heavy (non-hydrogen) atoms. The largest absolute Gasteiger partial charge is 0.494 e. The highest BCUT2D eigenvalue weighted by molar-refractivity contribution is 9.10. The maximum Gasteiger partial charge on any atom is 0.270 e. The van der Waals surface area contributed by atoms with Crippen molar-refractivity contribution >= 4 is 33.4 Å². The molecule has 1 heterocycles. The Balaban J connectivity index is 1.60. The third-order valence-corrected chi connectivity index (χ3v) is 6.34. The summed E-state index contributed by atoms with van der Waals surface area (Å²) >= 11 is 3.46. The number of aliphatic hydroxyl groups is 1. The predicted molar refractivity (Wildman–Crippen MR) is 140 cm³/mol. The van der Waals surface area contributed by atoms with E-state index in [-0.39, 0.29) is 12.5 Å². The van der Waals surface area contributed by atoms with Gasteiger partial charge in [-0.05, 0) is 61.0 Å².